The zero-order valence-corrected chi connectivity index (χ0v) is 36.3. The molecule has 0 spiro atoms. The molecule has 0 aliphatic heterocycles. The number of ether oxygens (including phenoxy) is 1. The van der Waals surface area contributed by atoms with Crippen LogP contribution in [-0.2, 0) is 22.8 Å². The minimum absolute atomic E-state index is 0.0713. The Labute approximate surface area is 294 Å². The van der Waals surface area contributed by atoms with E-state index in [9.17, 15) is 4.79 Å². The topological polar surface area (TPSA) is 54.0 Å². The molecule has 0 aromatic rings. The summed E-state index contributed by atoms with van der Waals surface area (Å²) in [5, 5.41) is 0.338. The van der Waals surface area contributed by atoms with Crippen molar-refractivity contribution in [3.05, 3.63) is 36.5 Å². The summed E-state index contributed by atoms with van der Waals surface area (Å²) in [7, 11) is -4.45. The SMILES string of the molecule is CC[C@H](/C=C/C#CC[C@H](/C=C/C=C/C#C[C@@H](CCCC(=O)OC)O[Si](C)(C)C(C)(C)C)O[Si](C)(C)C(C)(C)C)O[Si](C)(C)C(C)(C)C. The van der Waals surface area contributed by atoms with Crippen molar-refractivity contribution in [1.82, 2.24) is 0 Å². The fourth-order valence-corrected chi connectivity index (χ4v) is 7.42. The fourth-order valence-electron chi connectivity index (χ4n) is 3.55. The molecule has 0 saturated carbocycles. The van der Waals surface area contributed by atoms with Crippen molar-refractivity contribution >= 4 is 30.9 Å². The molecule has 0 fully saturated rings. The lowest BCUT2D eigenvalue weighted by Crippen LogP contribution is -2.43. The molecule has 0 N–H and O–H groups in total. The van der Waals surface area contributed by atoms with Gasteiger partial charge in [-0.3, -0.25) is 4.79 Å². The van der Waals surface area contributed by atoms with Crippen LogP contribution in [0.4, 0.5) is 0 Å². The highest BCUT2D eigenvalue weighted by Crippen LogP contribution is 2.39. The molecule has 0 aromatic heterocycles. The molecule has 0 amide bonds. The number of methoxy groups -OCH3 is 1. The van der Waals surface area contributed by atoms with Crippen LogP contribution in [0.3, 0.4) is 0 Å². The van der Waals surface area contributed by atoms with Crippen molar-refractivity contribution in [2.24, 2.45) is 0 Å². The average molecular weight is 703 g/mol. The standard InChI is InChI=1S/C39H70O5Si3/c1-18-33(42-45(12,13)37(2,3)4)27-24-21-25-30-34(43-46(14,15)38(5,6)7)28-22-19-20-23-29-35(31-26-32-36(40)41-11)44-47(16,17)39(8,9)10/h19-20,22,24,27-28,33-35H,18,26,30-32H2,1-17H3/b20-19+,27-24+,28-22+/t33-,34+,35+/m1/s1. The van der Waals surface area contributed by atoms with E-state index in [1.807, 2.05) is 24.3 Å². The molecule has 3 atom stereocenters. The summed E-state index contributed by atoms with van der Waals surface area (Å²) in [6.45, 7) is 36.0. The molecule has 8 heteroatoms. The lowest BCUT2D eigenvalue weighted by atomic mass is 10.1. The van der Waals surface area contributed by atoms with Crippen molar-refractivity contribution in [1.29, 1.82) is 0 Å². The van der Waals surface area contributed by atoms with E-state index in [2.05, 4.69) is 144 Å². The monoisotopic (exact) mass is 702 g/mol. The fraction of sp³-hybridized carbons (Fsp3) is 0.718. The van der Waals surface area contributed by atoms with Crippen LogP contribution in [0.15, 0.2) is 36.5 Å². The van der Waals surface area contributed by atoms with Gasteiger partial charge in [-0.1, -0.05) is 111 Å². The molecule has 0 radical (unpaired) electrons. The molecule has 0 aliphatic carbocycles. The van der Waals surface area contributed by atoms with E-state index in [1.165, 1.54) is 7.11 Å². The molecular formula is C39H70O5Si3. The minimum atomic E-state index is -2.02. The van der Waals surface area contributed by atoms with E-state index in [0.717, 1.165) is 6.42 Å². The summed E-state index contributed by atoms with van der Waals surface area (Å²) in [6, 6.07) is 0. The number of hydrogen-bond acceptors (Lipinski definition) is 5. The van der Waals surface area contributed by atoms with Crippen molar-refractivity contribution in [3.63, 3.8) is 0 Å². The van der Waals surface area contributed by atoms with Gasteiger partial charge < -0.3 is 18.0 Å². The van der Waals surface area contributed by atoms with Gasteiger partial charge in [-0.15, -0.1) is 0 Å². The van der Waals surface area contributed by atoms with E-state index in [4.69, 9.17) is 18.0 Å². The van der Waals surface area contributed by atoms with Crippen LogP contribution in [0.25, 0.3) is 0 Å². The highest BCUT2D eigenvalue weighted by molar-refractivity contribution is 6.75. The normalized spacial score (nSPS) is 15.7. The van der Waals surface area contributed by atoms with Gasteiger partial charge in [0.25, 0.3) is 0 Å². The van der Waals surface area contributed by atoms with Gasteiger partial charge in [-0.2, -0.15) is 0 Å². The van der Waals surface area contributed by atoms with Gasteiger partial charge in [0, 0.05) is 12.8 Å². The van der Waals surface area contributed by atoms with Crippen molar-refractivity contribution < 1.29 is 22.8 Å². The van der Waals surface area contributed by atoms with E-state index >= 15 is 0 Å². The second-order valence-electron chi connectivity index (χ2n) is 17.0. The highest BCUT2D eigenvalue weighted by Gasteiger charge is 2.40. The van der Waals surface area contributed by atoms with Gasteiger partial charge in [0.05, 0.1) is 19.3 Å². The third kappa shape index (κ3) is 17.5. The van der Waals surface area contributed by atoms with Gasteiger partial charge in [0.1, 0.15) is 6.10 Å². The summed E-state index contributed by atoms with van der Waals surface area (Å²) in [5.41, 5.74) is 0. The van der Waals surface area contributed by atoms with Crippen molar-refractivity contribution in [2.75, 3.05) is 7.11 Å². The van der Waals surface area contributed by atoms with Crippen LogP contribution in [-0.4, -0.2) is 56.3 Å². The number of rotatable bonds is 15. The minimum Gasteiger partial charge on any atom is -0.469 e. The van der Waals surface area contributed by atoms with Crippen molar-refractivity contribution in [2.45, 2.75) is 174 Å². The van der Waals surface area contributed by atoms with Crippen LogP contribution >= 0.6 is 0 Å². The quantitative estimate of drug-likeness (QED) is 0.0736. The maximum Gasteiger partial charge on any atom is 0.305 e. The average Bonchev–Trinajstić information content (AvgIpc) is 2.91. The summed E-state index contributed by atoms with van der Waals surface area (Å²) < 4.78 is 24.7. The molecule has 0 rings (SSSR count). The van der Waals surface area contributed by atoms with E-state index in [-0.39, 0.29) is 39.4 Å². The number of esters is 1. The van der Waals surface area contributed by atoms with Gasteiger partial charge in [-0.05, 0) is 91.9 Å². The van der Waals surface area contributed by atoms with Crippen LogP contribution in [0, 0.1) is 23.7 Å². The predicted octanol–water partition coefficient (Wildman–Crippen LogP) is 11.0. The lowest BCUT2D eigenvalue weighted by Gasteiger charge is -2.38. The number of allylic oxidation sites excluding steroid dienone is 4. The largest absolute Gasteiger partial charge is 0.469 e. The molecule has 0 bridgehead atoms. The molecule has 47 heavy (non-hydrogen) atoms. The zero-order valence-electron chi connectivity index (χ0n) is 33.3. The summed E-state index contributed by atoms with van der Waals surface area (Å²) >= 11 is 0. The van der Waals surface area contributed by atoms with Gasteiger partial charge in [0.2, 0.25) is 0 Å². The maximum atomic E-state index is 11.6. The molecular weight excluding hydrogens is 633 g/mol. The Morgan fingerprint density at radius 2 is 1.21 bits per heavy atom. The summed E-state index contributed by atoms with van der Waals surface area (Å²) in [5.74, 6) is 12.8. The Morgan fingerprint density at radius 3 is 1.70 bits per heavy atom. The molecule has 0 saturated heterocycles. The van der Waals surface area contributed by atoms with Gasteiger partial charge >= 0.3 is 5.97 Å². The third-order valence-electron chi connectivity index (χ3n) is 9.88. The van der Waals surface area contributed by atoms with Crippen LogP contribution in [0.5, 0.6) is 0 Å². The molecule has 0 aromatic carbocycles. The van der Waals surface area contributed by atoms with E-state index in [1.54, 1.807) is 0 Å². The Hall–Kier alpha value is -1.66. The lowest BCUT2D eigenvalue weighted by molar-refractivity contribution is -0.140. The molecule has 268 valence electrons. The predicted molar refractivity (Wildman–Crippen MR) is 210 cm³/mol. The second kappa shape index (κ2) is 19.5. The number of carbonyl (C=O) groups is 1. The van der Waals surface area contributed by atoms with Gasteiger partial charge in [0.15, 0.2) is 25.0 Å². The maximum absolute atomic E-state index is 11.6. The Balaban J connectivity index is 5.81. The molecule has 0 unspecified atom stereocenters. The molecule has 0 heterocycles. The third-order valence-corrected chi connectivity index (χ3v) is 23.4. The van der Waals surface area contributed by atoms with E-state index in [0.29, 0.717) is 25.7 Å². The molecule has 5 nitrogen and oxygen atoms in total. The first kappa shape index (κ1) is 45.3. The van der Waals surface area contributed by atoms with Crippen molar-refractivity contribution in [3.8, 4) is 23.7 Å². The first-order valence-electron chi connectivity index (χ1n) is 17.4. The first-order chi connectivity index (χ1) is 21.3. The molecule has 0 aliphatic rings. The van der Waals surface area contributed by atoms with Crippen LogP contribution < -0.4 is 0 Å². The van der Waals surface area contributed by atoms with Gasteiger partial charge in [-0.25, -0.2) is 0 Å². The Morgan fingerprint density at radius 1 is 0.702 bits per heavy atom. The second-order valence-corrected chi connectivity index (χ2v) is 31.3. The number of hydrogen-bond donors (Lipinski definition) is 0. The summed E-state index contributed by atoms with van der Waals surface area (Å²) in [6.07, 6.45) is 14.9. The Kier molecular flexibility index (Phi) is 18.8. The Bertz CT molecular complexity index is 1170. The highest BCUT2D eigenvalue weighted by atomic mass is 28.4. The first-order valence-corrected chi connectivity index (χ1v) is 26.1. The van der Waals surface area contributed by atoms with Crippen LogP contribution in [0.1, 0.15) is 101 Å². The smallest absolute Gasteiger partial charge is 0.305 e. The van der Waals surface area contributed by atoms with Crippen LogP contribution in [0.2, 0.25) is 54.4 Å². The number of carbonyl (C=O) groups excluding carboxylic acids is 1. The van der Waals surface area contributed by atoms with E-state index < -0.39 is 25.0 Å². The summed E-state index contributed by atoms with van der Waals surface area (Å²) in [4.78, 5) is 11.6. The zero-order chi connectivity index (χ0) is 36.7.